The third-order valence-electron chi connectivity index (χ3n) is 2.16. The lowest BCUT2D eigenvalue weighted by atomic mass is 10.2. The van der Waals surface area contributed by atoms with Crippen molar-refractivity contribution in [2.24, 2.45) is 0 Å². The second kappa shape index (κ2) is 9.38. The van der Waals surface area contributed by atoms with E-state index in [1.54, 1.807) is 18.2 Å². The van der Waals surface area contributed by atoms with Gasteiger partial charge in [0.15, 0.2) is 0 Å². The molecule has 0 saturated heterocycles. The predicted octanol–water partition coefficient (Wildman–Crippen LogP) is 0.436. The Morgan fingerprint density at radius 1 is 1.10 bits per heavy atom. The summed E-state index contributed by atoms with van der Waals surface area (Å²) in [5.41, 5.74) is 0.253. The number of rotatable bonds is 8. The normalized spacial score (nSPS) is 10.0. The summed E-state index contributed by atoms with van der Waals surface area (Å²) in [5, 5.41) is 24.4. The Morgan fingerprint density at radius 3 is 2.30 bits per heavy atom. The van der Waals surface area contributed by atoms with Crippen LogP contribution in [-0.2, 0) is 0 Å². The van der Waals surface area contributed by atoms with Gasteiger partial charge in [0.05, 0.1) is 5.56 Å². The maximum absolute atomic E-state index is 11.7. The van der Waals surface area contributed by atoms with Crippen molar-refractivity contribution in [3.63, 3.8) is 0 Å². The summed E-state index contributed by atoms with van der Waals surface area (Å²) in [6, 6.07) is 6.35. The number of benzene rings is 1. The lowest BCUT2D eigenvalue weighted by molar-refractivity contribution is -0.250. The molecule has 0 radical (unpaired) electrons. The van der Waals surface area contributed by atoms with Gasteiger partial charge in [0.25, 0.3) is 5.91 Å². The van der Waals surface area contributed by atoms with Crippen molar-refractivity contribution in [3.8, 4) is 5.75 Å². The van der Waals surface area contributed by atoms with Gasteiger partial charge < -0.3 is 25.6 Å². The van der Waals surface area contributed by atoms with E-state index in [1.165, 1.54) is 27.7 Å². The lowest BCUT2D eigenvalue weighted by Gasteiger charge is -2.07. The summed E-state index contributed by atoms with van der Waals surface area (Å²) in [4.78, 5) is 21.8. The minimum atomic E-state index is -1.27. The number of hydrogen-bond donors (Lipinski definition) is 3. The molecule has 3 N–H and O–H groups in total. The van der Waals surface area contributed by atoms with Crippen molar-refractivity contribution in [1.82, 2.24) is 10.6 Å². The maximum atomic E-state index is 11.7. The summed E-state index contributed by atoms with van der Waals surface area (Å²) in [6.07, 6.45) is -1.27. The van der Waals surface area contributed by atoms with Crippen LogP contribution in [0.3, 0.4) is 0 Å². The van der Waals surface area contributed by atoms with Crippen molar-refractivity contribution in [3.05, 3.63) is 29.8 Å². The molecule has 6 nitrogen and oxygen atoms in total. The Bertz CT molecular complexity index is 457. The van der Waals surface area contributed by atoms with Crippen LogP contribution in [0.15, 0.2) is 24.3 Å². The minimum Gasteiger partial charge on any atom is -0.530 e. The smallest absolute Gasteiger partial charge is 0.255 e. The van der Waals surface area contributed by atoms with E-state index in [9.17, 15) is 19.8 Å². The molecule has 2 amide bonds. The number of nitrogens with one attached hydrogen (secondary N) is 2. The fourth-order valence-electron chi connectivity index (χ4n) is 1.28. The minimum absolute atomic E-state index is 0.0413. The molecule has 0 saturated carbocycles. The molecule has 0 aliphatic rings. The zero-order valence-electron chi connectivity index (χ0n) is 10.6. The first-order chi connectivity index (χ1) is 9.61. The van der Waals surface area contributed by atoms with E-state index in [1.807, 2.05) is 0 Å². The molecule has 0 spiro atoms. The number of carbonyl (C=O) groups is 2. The Morgan fingerprint density at radius 2 is 1.70 bits per heavy atom. The third kappa shape index (κ3) is 6.58. The molecule has 0 aliphatic heterocycles. The van der Waals surface area contributed by atoms with E-state index in [2.05, 4.69) is 10.6 Å². The zero-order chi connectivity index (χ0) is 14.8. The highest BCUT2D eigenvalue weighted by Gasteiger charge is 2.08. The molecule has 0 bridgehead atoms. The number of phenols is 1. The highest BCUT2D eigenvalue weighted by Crippen LogP contribution is 2.19. The molecule has 1 aromatic rings. The Balaban J connectivity index is 2.08. The number of phenolic OH excluding ortho intramolecular Hbond substituents is 1. The molecule has 0 aromatic heterocycles. The van der Waals surface area contributed by atoms with Crippen LogP contribution in [-0.4, -0.2) is 41.7 Å². The predicted molar refractivity (Wildman–Crippen MR) is 78.8 cm³/mol. The molecule has 1 rings (SSSR count). The molecule has 0 aliphatic carbocycles. The molecule has 8 heteroatoms. The first-order valence-electron chi connectivity index (χ1n) is 5.86. The van der Waals surface area contributed by atoms with Crippen LogP contribution in [0.5, 0.6) is 5.75 Å². The van der Waals surface area contributed by atoms with E-state index in [0.29, 0.717) is 24.6 Å². The van der Waals surface area contributed by atoms with Gasteiger partial charge in [-0.1, -0.05) is 33.7 Å². The van der Waals surface area contributed by atoms with Crippen LogP contribution in [0.4, 0.5) is 4.79 Å². The summed E-state index contributed by atoms with van der Waals surface area (Å²) in [7, 11) is 3.04. The fourth-order valence-corrected chi connectivity index (χ4v) is 3.09. The molecule has 0 fully saturated rings. The van der Waals surface area contributed by atoms with E-state index in [0.717, 1.165) is 0 Å². The van der Waals surface area contributed by atoms with Gasteiger partial charge >= 0.3 is 0 Å². The number of carboxylic acid groups (broad SMARTS) is 1. The van der Waals surface area contributed by atoms with Crippen LogP contribution >= 0.6 is 21.6 Å². The van der Waals surface area contributed by atoms with Crippen LogP contribution in [0.1, 0.15) is 10.4 Å². The summed E-state index contributed by atoms with van der Waals surface area (Å²) >= 11 is 0. The van der Waals surface area contributed by atoms with Gasteiger partial charge in [-0.2, -0.15) is 0 Å². The number of aromatic hydroxyl groups is 1. The molecular weight excluding hydrogens is 300 g/mol. The summed E-state index contributed by atoms with van der Waals surface area (Å²) in [5.74, 6) is 0.967. The molecule has 110 valence electrons. The monoisotopic (exact) mass is 315 g/mol. The Kier molecular flexibility index (Phi) is 7.74. The molecule has 0 heterocycles. The van der Waals surface area contributed by atoms with Gasteiger partial charge in [-0.3, -0.25) is 4.79 Å². The molecule has 0 atom stereocenters. The number of hydrogen-bond acceptors (Lipinski definition) is 6. The summed E-state index contributed by atoms with van der Waals surface area (Å²) < 4.78 is 0. The second-order valence-electron chi connectivity index (χ2n) is 3.63. The topological polar surface area (TPSA) is 101 Å². The molecule has 20 heavy (non-hydrogen) atoms. The van der Waals surface area contributed by atoms with Gasteiger partial charge in [-0.15, -0.1) is 0 Å². The van der Waals surface area contributed by atoms with Crippen molar-refractivity contribution in [2.45, 2.75) is 0 Å². The van der Waals surface area contributed by atoms with E-state index in [4.69, 9.17) is 0 Å². The first-order valence-corrected chi connectivity index (χ1v) is 8.35. The third-order valence-corrected chi connectivity index (χ3v) is 4.57. The fraction of sp³-hybridized carbons (Fsp3) is 0.333. The Hall–Kier alpha value is -1.54. The highest BCUT2D eigenvalue weighted by atomic mass is 33.1. The van der Waals surface area contributed by atoms with Gasteiger partial charge in [0.1, 0.15) is 11.8 Å². The van der Waals surface area contributed by atoms with Gasteiger partial charge in [-0.05, 0) is 12.1 Å². The standard InChI is InChI=1S/C12H16N2O4S2/c15-10-4-2-1-3-9(10)11(16)13-5-7-19-20-8-6-14-12(17)18/h1-4,14-15H,5-8H2,(H,13,16)(H,17,18)/p-1. The van der Waals surface area contributed by atoms with Gasteiger partial charge in [-0.25, -0.2) is 0 Å². The van der Waals surface area contributed by atoms with Gasteiger partial charge in [0.2, 0.25) is 0 Å². The first kappa shape index (κ1) is 16.5. The number of carbonyl (C=O) groups excluding carboxylic acids is 2. The average Bonchev–Trinajstić information content (AvgIpc) is 2.41. The van der Waals surface area contributed by atoms with E-state index >= 15 is 0 Å². The van der Waals surface area contributed by atoms with Crippen molar-refractivity contribution >= 4 is 33.6 Å². The Labute approximate surface area is 124 Å². The highest BCUT2D eigenvalue weighted by molar-refractivity contribution is 8.76. The van der Waals surface area contributed by atoms with Crippen molar-refractivity contribution in [2.75, 3.05) is 24.6 Å². The SMILES string of the molecule is O=C([O-])NCCSSCCNC(=O)c1ccccc1O. The maximum Gasteiger partial charge on any atom is 0.255 e. The largest absolute Gasteiger partial charge is 0.530 e. The van der Waals surface area contributed by atoms with Crippen LogP contribution < -0.4 is 15.7 Å². The average molecular weight is 315 g/mol. The molecule has 1 aromatic carbocycles. The van der Waals surface area contributed by atoms with Gasteiger partial charge in [0, 0.05) is 24.6 Å². The van der Waals surface area contributed by atoms with Crippen LogP contribution in [0.2, 0.25) is 0 Å². The van der Waals surface area contributed by atoms with Crippen molar-refractivity contribution < 1.29 is 19.8 Å². The van der Waals surface area contributed by atoms with Crippen LogP contribution in [0.25, 0.3) is 0 Å². The molecular formula is C12H15N2O4S2-. The number of amides is 2. The quantitative estimate of drug-likeness (QED) is 0.475. The van der Waals surface area contributed by atoms with E-state index in [-0.39, 0.29) is 17.2 Å². The van der Waals surface area contributed by atoms with Crippen LogP contribution in [0, 0.1) is 0 Å². The van der Waals surface area contributed by atoms with Crippen molar-refractivity contribution in [1.29, 1.82) is 0 Å². The number of para-hydroxylation sites is 1. The zero-order valence-corrected chi connectivity index (χ0v) is 12.3. The summed E-state index contributed by atoms with van der Waals surface area (Å²) in [6.45, 7) is 0.809. The lowest BCUT2D eigenvalue weighted by Crippen LogP contribution is -2.37. The molecule has 0 unspecified atom stereocenters. The second-order valence-corrected chi connectivity index (χ2v) is 6.33. The van der Waals surface area contributed by atoms with E-state index < -0.39 is 6.09 Å².